The predicted octanol–water partition coefficient (Wildman–Crippen LogP) is 3.31. The van der Waals surface area contributed by atoms with Crippen molar-refractivity contribution in [2.75, 3.05) is 18.9 Å². The summed E-state index contributed by atoms with van der Waals surface area (Å²) in [6.07, 6.45) is -4.87. The van der Waals surface area contributed by atoms with Crippen molar-refractivity contribution >= 4 is 17.9 Å². The molecule has 3 aliphatic rings. The highest BCUT2D eigenvalue weighted by Gasteiger charge is 2.59. The van der Waals surface area contributed by atoms with Gasteiger partial charge in [0.15, 0.2) is 11.7 Å². The van der Waals surface area contributed by atoms with Gasteiger partial charge in [-0.25, -0.2) is 19.4 Å². The summed E-state index contributed by atoms with van der Waals surface area (Å²) in [5, 5.41) is 23.4. The van der Waals surface area contributed by atoms with Gasteiger partial charge in [-0.05, 0) is 44.5 Å². The van der Waals surface area contributed by atoms with Crippen LogP contribution in [-0.4, -0.2) is 67.7 Å². The van der Waals surface area contributed by atoms with E-state index < -0.39 is 48.1 Å². The number of hydrogen-bond donors (Lipinski definition) is 3. The Morgan fingerprint density at radius 3 is 1.76 bits per heavy atom. The Hall–Kier alpha value is -5.69. The summed E-state index contributed by atoms with van der Waals surface area (Å²) in [4.78, 5) is 47.5. The third kappa shape index (κ3) is 5.16. The van der Waals surface area contributed by atoms with Gasteiger partial charge in [-0.2, -0.15) is 4.98 Å². The molecule has 4 N–H and O–H groups in total. The molecule has 50 heavy (non-hydrogen) atoms. The zero-order valence-electron chi connectivity index (χ0n) is 26.6. The Morgan fingerprint density at radius 2 is 1.28 bits per heavy atom. The Labute approximate surface area is 285 Å². The van der Waals surface area contributed by atoms with E-state index in [0.717, 1.165) is 55.4 Å². The number of ether oxygens (including phenoxy) is 3. The van der Waals surface area contributed by atoms with Crippen molar-refractivity contribution < 1.29 is 34.0 Å². The standard InChI is InChI=1S/C38H32N4O8/c39-36-40-20-42(37(46)41-36)31-17-38(47,35(45)49-19-30-27-15-7-3-11-23(27)24-12-4-8-16-28(24)30)33(50-31)32(43)34(44)48-18-29-25-13-5-1-9-21(25)22-10-2-6-14-26(22)29/h1-16,20,29-33,43,47H,17-19H2,(H2,39,41,46)/t31-,32?,33-,38+/m1/s1. The van der Waals surface area contributed by atoms with Crippen LogP contribution in [0.2, 0.25) is 0 Å². The van der Waals surface area contributed by atoms with E-state index in [-0.39, 0.29) is 31.0 Å². The zero-order chi connectivity index (χ0) is 34.6. The average Bonchev–Trinajstić information content (AvgIpc) is 3.77. The van der Waals surface area contributed by atoms with E-state index in [2.05, 4.69) is 9.97 Å². The van der Waals surface area contributed by atoms with Crippen molar-refractivity contribution in [1.29, 1.82) is 0 Å². The Kier molecular flexibility index (Phi) is 7.78. The number of aliphatic hydroxyl groups excluding tert-OH is 1. The number of aliphatic hydroxyl groups is 2. The van der Waals surface area contributed by atoms with Crippen molar-refractivity contribution in [2.45, 2.75) is 42.3 Å². The smallest absolute Gasteiger partial charge is 0.354 e. The lowest BCUT2D eigenvalue weighted by molar-refractivity contribution is -0.188. The van der Waals surface area contributed by atoms with Gasteiger partial charge in [0.2, 0.25) is 5.95 Å². The largest absolute Gasteiger partial charge is 0.463 e. The molecular formula is C38H32N4O8. The van der Waals surface area contributed by atoms with Crippen LogP contribution in [0.1, 0.15) is 46.7 Å². The normalized spacial score (nSPS) is 21.2. The minimum Gasteiger partial charge on any atom is -0.463 e. The topological polar surface area (TPSA) is 176 Å². The lowest BCUT2D eigenvalue weighted by atomic mass is 9.91. The molecule has 1 unspecified atom stereocenters. The van der Waals surface area contributed by atoms with Crippen LogP contribution < -0.4 is 11.4 Å². The van der Waals surface area contributed by atoms with Crippen LogP contribution in [0.25, 0.3) is 22.3 Å². The summed E-state index contributed by atoms with van der Waals surface area (Å²) in [6.45, 7) is -0.257. The molecule has 12 nitrogen and oxygen atoms in total. The number of esters is 2. The SMILES string of the molecule is Nc1ncn([C@H]2C[C@@](O)(C(=O)OCC3c4ccccc4-c4ccccc43)[C@@H](C(O)C(=O)OCC3c4ccccc4-c4ccccc43)O2)c(=O)n1. The summed E-state index contributed by atoms with van der Waals surface area (Å²) in [7, 11) is 0. The van der Waals surface area contributed by atoms with Crippen LogP contribution in [0.3, 0.4) is 0 Å². The van der Waals surface area contributed by atoms with Crippen molar-refractivity contribution in [2.24, 2.45) is 0 Å². The number of rotatable bonds is 8. The van der Waals surface area contributed by atoms with Gasteiger partial charge < -0.3 is 30.2 Å². The fourth-order valence-corrected chi connectivity index (χ4v) is 7.50. The molecule has 0 bridgehead atoms. The fraction of sp³-hybridized carbons (Fsp3) is 0.237. The molecule has 0 amide bonds. The lowest BCUT2D eigenvalue weighted by Crippen LogP contribution is -2.55. The number of carbonyl (C=O) groups excluding carboxylic acids is 2. The molecule has 4 aromatic carbocycles. The molecule has 12 heteroatoms. The number of carbonyl (C=O) groups is 2. The first-order valence-electron chi connectivity index (χ1n) is 16.2. The highest BCUT2D eigenvalue weighted by molar-refractivity contribution is 5.85. The molecule has 252 valence electrons. The lowest BCUT2D eigenvalue weighted by Gasteiger charge is -2.29. The highest BCUT2D eigenvalue weighted by atomic mass is 16.6. The average molecular weight is 673 g/mol. The van der Waals surface area contributed by atoms with Crippen molar-refractivity contribution in [3.05, 3.63) is 136 Å². The molecule has 8 rings (SSSR count). The Bertz CT molecular complexity index is 2110. The summed E-state index contributed by atoms with van der Waals surface area (Å²) in [5.41, 5.74) is 10.0. The minimum atomic E-state index is -2.58. The second kappa shape index (κ2) is 12.3. The summed E-state index contributed by atoms with van der Waals surface area (Å²) < 4.78 is 18.2. The summed E-state index contributed by atoms with van der Waals surface area (Å²) in [5.74, 6) is -3.18. The van der Waals surface area contributed by atoms with Crippen molar-refractivity contribution in [1.82, 2.24) is 14.5 Å². The van der Waals surface area contributed by atoms with E-state index in [1.165, 1.54) is 0 Å². The van der Waals surface area contributed by atoms with Crippen LogP contribution in [0, 0.1) is 0 Å². The number of nitrogens with zero attached hydrogens (tertiary/aromatic N) is 3. The predicted molar refractivity (Wildman–Crippen MR) is 180 cm³/mol. The maximum Gasteiger partial charge on any atom is 0.354 e. The summed E-state index contributed by atoms with van der Waals surface area (Å²) >= 11 is 0. The molecule has 1 aromatic heterocycles. The van der Waals surface area contributed by atoms with Crippen LogP contribution >= 0.6 is 0 Å². The minimum absolute atomic E-state index is 0.116. The molecule has 1 aliphatic heterocycles. The van der Waals surface area contributed by atoms with Gasteiger partial charge in [-0.3, -0.25) is 4.57 Å². The maximum absolute atomic E-state index is 13.9. The number of nitrogen functional groups attached to an aromatic ring is 1. The van der Waals surface area contributed by atoms with E-state index >= 15 is 0 Å². The maximum atomic E-state index is 13.9. The molecule has 4 atom stereocenters. The monoisotopic (exact) mass is 672 g/mol. The van der Waals surface area contributed by atoms with E-state index in [9.17, 15) is 24.6 Å². The number of benzene rings is 4. The van der Waals surface area contributed by atoms with E-state index in [1.54, 1.807) is 0 Å². The molecule has 0 radical (unpaired) electrons. The van der Waals surface area contributed by atoms with Gasteiger partial charge in [-0.15, -0.1) is 0 Å². The highest BCUT2D eigenvalue weighted by Crippen LogP contribution is 2.46. The zero-order valence-corrected chi connectivity index (χ0v) is 26.6. The van der Waals surface area contributed by atoms with E-state index in [1.807, 2.05) is 97.1 Å². The van der Waals surface area contributed by atoms with E-state index in [0.29, 0.717) is 0 Å². The molecular weight excluding hydrogens is 640 g/mol. The number of hydrogen-bond acceptors (Lipinski definition) is 11. The fourth-order valence-electron chi connectivity index (χ4n) is 7.50. The number of fused-ring (bicyclic) bond motifs is 6. The number of aromatic nitrogens is 3. The Morgan fingerprint density at radius 1 is 0.820 bits per heavy atom. The summed E-state index contributed by atoms with van der Waals surface area (Å²) in [6, 6.07) is 31.1. The van der Waals surface area contributed by atoms with Gasteiger partial charge in [0.05, 0.1) is 0 Å². The van der Waals surface area contributed by atoms with Crippen LogP contribution in [-0.2, 0) is 23.8 Å². The third-order valence-electron chi connectivity index (χ3n) is 9.90. The Balaban J connectivity index is 1.05. The molecule has 0 saturated carbocycles. The first-order valence-corrected chi connectivity index (χ1v) is 16.2. The van der Waals surface area contributed by atoms with Crippen molar-refractivity contribution in [3.8, 4) is 22.3 Å². The molecule has 2 heterocycles. The number of anilines is 1. The third-order valence-corrected chi connectivity index (χ3v) is 9.90. The van der Waals surface area contributed by atoms with Gasteiger partial charge >= 0.3 is 17.6 Å². The van der Waals surface area contributed by atoms with Gasteiger partial charge in [0.25, 0.3) is 0 Å². The molecule has 1 fully saturated rings. The van der Waals surface area contributed by atoms with Crippen LogP contribution in [0.15, 0.2) is 108 Å². The van der Waals surface area contributed by atoms with E-state index in [4.69, 9.17) is 19.9 Å². The van der Waals surface area contributed by atoms with Crippen LogP contribution in [0.4, 0.5) is 5.95 Å². The van der Waals surface area contributed by atoms with Gasteiger partial charge in [0.1, 0.15) is 31.9 Å². The first kappa shape index (κ1) is 31.6. The van der Waals surface area contributed by atoms with Gasteiger partial charge in [-0.1, -0.05) is 97.1 Å². The molecule has 1 saturated heterocycles. The van der Waals surface area contributed by atoms with Gasteiger partial charge in [0, 0.05) is 18.3 Å². The molecule has 0 spiro atoms. The first-order chi connectivity index (χ1) is 24.2. The van der Waals surface area contributed by atoms with Crippen LogP contribution in [0.5, 0.6) is 0 Å². The number of nitrogens with two attached hydrogens (primary N) is 1. The van der Waals surface area contributed by atoms with Crippen molar-refractivity contribution in [3.63, 3.8) is 0 Å². The quantitative estimate of drug-likeness (QED) is 0.206. The second-order valence-electron chi connectivity index (χ2n) is 12.7. The molecule has 5 aromatic rings. The molecule has 2 aliphatic carbocycles. The second-order valence-corrected chi connectivity index (χ2v) is 12.7.